The Balaban J connectivity index is 2.27. The standard InChI is InChI=1S/C11H11N3OS/c1-14(15)10-7-16-6-8(10)5-13-9-3-2-4-12-11(9)14/h2-4,6-7,13H,5H2,1H3. The molecule has 5 heteroatoms. The molecule has 82 valence electrons. The van der Waals surface area contributed by atoms with Crippen LogP contribution < -0.4 is 9.96 Å². The van der Waals surface area contributed by atoms with Crippen molar-refractivity contribution in [3.8, 4) is 0 Å². The largest absolute Gasteiger partial charge is 0.621 e. The molecule has 1 atom stereocenters. The van der Waals surface area contributed by atoms with Gasteiger partial charge in [-0.15, -0.1) is 11.3 Å². The molecule has 3 rings (SSSR count). The molecule has 16 heavy (non-hydrogen) atoms. The van der Waals surface area contributed by atoms with Gasteiger partial charge in [0.05, 0.1) is 12.4 Å². The maximum absolute atomic E-state index is 12.7. The lowest BCUT2D eigenvalue weighted by molar-refractivity contribution is 0.601. The number of anilines is 1. The second-order valence-corrected chi connectivity index (χ2v) is 4.68. The van der Waals surface area contributed by atoms with Crippen LogP contribution in [0.4, 0.5) is 17.2 Å². The number of nitrogens with one attached hydrogen (secondary N) is 1. The van der Waals surface area contributed by atoms with Crippen molar-refractivity contribution >= 4 is 28.5 Å². The van der Waals surface area contributed by atoms with Crippen LogP contribution in [0.25, 0.3) is 0 Å². The Morgan fingerprint density at radius 1 is 1.50 bits per heavy atom. The van der Waals surface area contributed by atoms with Crippen molar-refractivity contribution in [2.24, 2.45) is 0 Å². The van der Waals surface area contributed by atoms with E-state index in [-0.39, 0.29) is 0 Å². The molecule has 1 aliphatic rings. The lowest BCUT2D eigenvalue weighted by Crippen LogP contribution is -2.32. The van der Waals surface area contributed by atoms with Gasteiger partial charge in [0.25, 0.3) is 5.82 Å². The van der Waals surface area contributed by atoms with Gasteiger partial charge in [0.1, 0.15) is 5.69 Å². The Labute approximate surface area is 97.3 Å². The minimum atomic E-state index is -0.540. The van der Waals surface area contributed by atoms with E-state index < -0.39 is 4.65 Å². The Morgan fingerprint density at radius 3 is 3.25 bits per heavy atom. The predicted octanol–water partition coefficient (Wildman–Crippen LogP) is 2.84. The van der Waals surface area contributed by atoms with Crippen LogP contribution in [0, 0.1) is 5.21 Å². The molecule has 0 amide bonds. The highest BCUT2D eigenvalue weighted by molar-refractivity contribution is 7.08. The normalized spacial score (nSPS) is 22.9. The highest BCUT2D eigenvalue weighted by Gasteiger charge is 2.29. The number of hydrogen-bond donors (Lipinski definition) is 1. The third-order valence-corrected chi connectivity index (χ3v) is 3.62. The average Bonchev–Trinajstić information content (AvgIpc) is 2.72. The van der Waals surface area contributed by atoms with Crippen LogP contribution in [0.1, 0.15) is 5.56 Å². The average molecular weight is 233 g/mol. The molecule has 1 aliphatic heterocycles. The van der Waals surface area contributed by atoms with E-state index in [9.17, 15) is 5.21 Å². The number of aromatic nitrogens is 1. The second kappa shape index (κ2) is 3.28. The van der Waals surface area contributed by atoms with E-state index in [4.69, 9.17) is 0 Å². The fourth-order valence-electron chi connectivity index (χ4n) is 2.00. The zero-order chi connectivity index (χ0) is 11.2. The third-order valence-electron chi connectivity index (χ3n) is 2.84. The Kier molecular flexibility index (Phi) is 2.00. The SMILES string of the molecule is C[N+]1([O-])c2cscc2CNc2cccnc21. The molecule has 0 aromatic carbocycles. The molecule has 2 aromatic rings. The fourth-order valence-corrected chi connectivity index (χ4v) is 2.92. The molecular weight excluding hydrogens is 222 g/mol. The van der Waals surface area contributed by atoms with Gasteiger partial charge in [-0.3, -0.25) is 4.65 Å². The van der Waals surface area contributed by atoms with Gasteiger partial charge in [-0.05, 0) is 12.1 Å². The Morgan fingerprint density at radius 2 is 2.38 bits per heavy atom. The zero-order valence-corrected chi connectivity index (χ0v) is 9.62. The van der Waals surface area contributed by atoms with Crippen LogP contribution in [-0.2, 0) is 6.54 Å². The van der Waals surface area contributed by atoms with Crippen LogP contribution >= 0.6 is 11.3 Å². The number of rotatable bonds is 0. The summed E-state index contributed by atoms with van der Waals surface area (Å²) in [6.45, 7) is 0.688. The summed E-state index contributed by atoms with van der Waals surface area (Å²) in [5.74, 6) is 0.527. The Bertz CT molecular complexity index is 536. The maximum atomic E-state index is 12.7. The first-order chi connectivity index (χ1) is 7.69. The molecule has 0 saturated carbocycles. The molecule has 0 radical (unpaired) electrons. The first-order valence-corrected chi connectivity index (χ1v) is 5.96. The first-order valence-electron chi connectivity index (χ1n) is 5.02. The van der Waals surface area contributed by atoms with E-state index in [0.717, 1.165) is 16.9 Å². The molecule has 0 bridgehead atoms. The molecule has 0 aliphatic carbocycles. The van der Waals surface area contributed by atoms with Crippen molar-refractivity contribution in [2.75, 3.05) is 12.4 Å². The van der Waals surface area contributed by atoms with Gasteiger partial charge in [-0.25, -0.2) is 4.98 Å². The maximum Gasteiger partial charge on any atom is 0.256 e. The van der Waals surface area contributed by atoms with E-state index in [2.05, 4.69) is 10.3 Å². The van der Waals surface area contributed by atoms with Crippen molar-refractivity contribution in [1.82, 2.24) is 9.63 Å². The van der Waals surface area contributed by atoms with E-state index in [1.165, 1.54) is 0 Å². The van der Waals surface area contributed by atoms with Crippen molar-refractivity contribution in [1.29, 1.82) is 0 Å². The highest BCUT2D eigenvalue weighted by atomic mass is 32.1. The van der Waals surface area contributed by atoms with Gasteiger partial charge in [0.15, 0.2) is 5.69 Å². The molecule has 4 nitrogen and oxygen atoms in total. The molecule has 0 spiro atoms. The van der Waals surface area contributed by atoms with Gasteiger partial charge in [-0.2, -0.15) is 0 Å². The van der Waals surface area contributed by atoms with E-state index >= 15 is 0 Å². The molecular formula is C11H11N3OS. The van der Waals surface area contributed by atoms with Crippen LogP contribution in [0.2, 0.25) is 0 Å². The minimum Gasteiger partial charge on any atom is -0.621 e. The summed E-state index contributed by atoms with van der Waals surface area (Å²) in [7, 11) is 1.63. The highest BCUT2D eigenvalue weighted by Crippen LogP contribution is 2.41. The second-order valence-electron chi connectivity index (χ2n) is 3.93. The molecule has 3 heterocycles. The van der Waals surface area contributed by atoms with E-state index in [0.29, 0.717) is 12.4 Å². The summed E-state index contributed by atoms with van der Waals surface area (Å²) in [6, 6.07) is 3.73. The van der Waals surface area contributed by atoms with Gasteiger partial charge >= 0.3 is 0 Å². The van der Waals surface area contributed by atoms with E-state index in [1.54, 1.807) is 24.6 Å². The van der Waals surface area contributed by atoms with E-state index in [1.807, 2.05) is 22.9 Å². The van der Waals surface area contributed by atoms with Crippen molar-refractivity contribution in [3.63, 3.8) is 0 Å². The smallest absolute Gasteiger partial charge is 0.256 e. The van der Waals surface area contributed by atoms with Crippen molar-refractivity contribution in [3.05, 3.63) is 39.9 Å². The summed E-state index contributed by atoms with van der Waals surface area (Å²) >= 11 is 1.56. The third kappa shape index (κ3) is 1.26. The topological polar surface area (TPSA) is 48.0 Å². The molecule has 1 N–H and O–H groups in total. The number of pyridine rings is 1. The summed E-state index contributed by atoms with van der Waals surface area (Å²) in [4.78, 5) is 4.21. The fraction of sp³-hybridized carbons (Fsp3) is 0.182. The lowest BCUT2D eigenvalue weighted by atomic mass is 10.3. The minimum absolute atomic E-state index is 0.527. The quantitative estimate of drug-likeness (QED) is 0.562. The van der Waals surface area contributed by atoms with Gasteiger partial charge < -0.3 is 10.5 Å². The lowest BCUT2D eigenvalue weighted by Gasteiger charge is -2.35. The van der Waals surface area contributed by atoms with Crippen molar-refractivity contribution < 1.29 is 0 Å². The summed E-state index contributed by atoms with van der Waals surface area (Å²) in [5, 5.41) is 19.9. The summed E-state index contributed by atoms with van der Waals surface area (Å²) < 4.78 is -0.540. The monoisotopic (exact) mass is 233 g/mol. The number of thiophene rings is 1. The molecule has 0 fully saturated rings. The predicted molar refractivity (Wildman–Crippen MR) is 66.6 cm³/mol. The Hall–Kier alpha value is -1.43. The molecule has 2 aromatic heterocycles. The zero-order valence-electron chi connectivity index (χ0n) is 8.80. The van der Waals surface area contributed by atoms with Crippen LogP contribution in [0.5, 0.6) is 0 Å². The van der Waals surface area contributed by atoms with Crippen LogP contribution in [0.15, 0.2) is 29.1 Å². The summed E-state index contributed by atoms with van der Waals surface area (Å²) in [6.07, 6.45) is 1.66. The van der Waals surface area contributed by atoms with Gasteiger partial charge in [0, 0.05) is 23.7 Å². The number of fused-ring (bicyclic) bond motifs is 2. The number of nitrogens with zero attached hydrogens (tertiary/aromatic N) is 2. The first kappa shape index (κ1) is 9.77. The molecule has 1 unspecified atom stereocenters. The molecule has 0 saturated heterocycles. The van der Waals surface area contributed by atoms with Gasteiger partial charge in [0.2, 0.25) is 0 Å². The van der Waals surface area contributed by atoms with Gasteiger partial charge in [-0.1, -0.05) is 0 Å². The number of quaternary nitrogens is 1. The number of hydroxylamine groups is 1. The summed E-state index contributed by atoms with van der Waals surface area (Å²) in [5.41, 5.74) is 2.66. The van der Waals surface area contributed by atoms with Crippen LogP contribution in [-0.4, -0.2) is 12.0 Å². The van der Waals surface area contributed by atoms with Crippen LogP contribution in [0.3, 0.4) is 0 Å². The van der Waals surface area contributed by atoms with Crippen molar-refractivity contribution in [2.45, 2.75) is 6.54 Å². The number of hydrogen-bond acceptors (Lipinski definition) is 4.